The number of nitrogens with zero attached hydrogens (tertiary/aromatic N) is 1. The first-order chi connectivity index (χ1) is 13.6. The lowest BCUT2D eigenvalue weighted by Crippen LogP contribution is -2.13. The maximum Gasteiger partial charge on any atom is 0.255 e. The first-order valence-corrected chi connectivity index (χ1v) is 8.88. The van der Waals surface area contributed by atoms with E-state index in [9.17, 15) is 4.79 Å². The molecule has 0 unspecified atom stereocenters. The monoisotopic (exact) mass is 377 g/mol. The molecule has 0 radical (unpaired) electrons. The van der Waals surface area contributed by atoms with Gasteiger partial charge < -0.3 is 20.1 Å². The molecule has 0 aliphatic heterocycles. The Morgan fingerprint density at radius 2 is 1.79 bits per heavy atom. The number of methoxy groups -OCH3 is 2. The molecule has 6 heteroatoms. The topological polar surface area (TPSA) is 72.5 Å². The number of carbonyl (C=O) groups is 1. The molecular formula is C22H23N3O3. The summed E-state index contributed by atoms with van der Waals surface area (Å²) in [6.45, 7) is 2.50. The summed E-state index contributed by atoms with van der Waals surface area (Å²) >= 11 is 0. The van der Waals surface area contributed by atoms with E-state index >= 15 is 0 Å². The third-order valence-electron chi connectivity index (χ3n) is 4.33. The lowest BCUT2D eigenvalue weighted by molar-refractivity contribution is 0.102. The minimum absolute atomic E-state index is 0.147. The van der Waals surface area contributed by atoms with Crippen LogP contribution in [0.1, 0.15) is 21.5 Å². The van der Waals surface area contributed by atoms with Crippen LogP contribution in [-0.4, -0.2) is 25.1 Å². The molecule has 0 aliphatic rings. The van der Waals surface area contributed by atoms with Crippen molar-refractivity contribution in [1.82, 2.24) is 4.98 Å². The van der Waals surface area contributed by atoms with E-state index < -0.39 is 0 Å². The number of rotatable bonds is 7. The van der Waals surface area contributed by atoms with Gasteiger partial charge in [0.2, 0.25) is 0 Å². The van der Waals surface area contributed by atoms with Crippen LogP contribution in [0, 0.1) is 6.92 Å². The van der Waals surface area contributed by atoms with Crippen molar-refractivity contribution in [2.24, 2.45) is 0 Å². The molecule has 1 aromatic heterocycles. The average Bonchev–Trinajstić information content (AvgIpc) is 2.73. The summed E-state index contributed by atoms with van der Waals surface area (Å²) in [6.07, 6.45) is 1.63. The molecule has 0 atom stereocenters. The van der Waals surface area contributed by atoms with E-state index in [0.717, 1.165) is 11.1 Å². The second-order valence-corrected chi connectivity index (χ2v) is 6.24. The Labute approximate surface area is 164 Å². The molecular weight excluding hydrogens is 354 g/mol. The average molecular weight is 377 g/mol. The Balaban J connectivity index is 1.60. The summed E-state index contributed by atoms with van der Waals surface area (Å²) in [5, 5.41) is 6.12. The van der Waals surface area contributed by atoms with E-state index in [1.807, 2.05) is 55.5 Å². The van der Waals surface area contributed by atoms with Crippen molar-refractivity contribution in [3.63, 3.8) is 0 Å². The number of aryl methyl sites for hydroxylation is 1. The second-order valence-electron chi connectivity index (χ2n) is 6.24. The van der Waals surface area contributed by atoms with Gasteiger partial charge in [0.05, 0.1) is 26.1 Å². The number of hydrogen-bond donors (Lipinski definition) is 2. The highest BCUT2D eigenvalue weighted by atomic mass is 16.5. The van der Waals surface area contributed by atoms with Crippen LogP contribution >= 0.6 is 0 Å². The smallest absolute Gasteiger partial charge is 0.255 e. The number of aromatic nitrogens is 1. The SMILES string of the molecule is COc1ccc(CNc2ccc(NC(=O)c3ccccc3C)cn2)cc1OC. The molecule has 2 aromatic carbocycles. The Hall–Kier alpha value is -3.54. The van der Waals surface area contributed by atoms with Gasteiger partial charge in [0.15, 0.2) is 11.5 Å². The molecule has 0 saturated carbocycles. The van der Waals surface area contributed by atoms with Crippen molar-refractivity contribution in [1.29, 1.82) is 0 Å². The highest BCUT2D eigenvalue weighted by Crippen LogP contribution is 2.27. The lowest BCUT2D eigenvalue weighted by atomic mass is 10.1. The molecule has 0 bridgehead atoms. The number of carbonyl (C=O) groups excluding carboxylic acids is 1. The van der Waals surface area contributed by atoms with Gasteiger partial charge >= 0.3 is 0 Å². The third-order valence-corrected chi connectivity index (χ3v) is 4.33. The predicted molar refractivity (Wildman–Crippen MR) is 110 cm³/mol. The molecule has 0 fully saturated rings. The molecule has 1 amide bonds. The second kappa shape index (κ2) is 8.90. The zero-order valence-electron chi connectivity index (χ0n) is 16.2. The Kier molecular flexibility index (Phi) is 6.11. The van der Waals surface area contributed by atoms with Crippen molar-refractivity contribution in [2.75, 3.05) is 24.9 Å². The van der Waals surface area contributed by atoms with Crippen LogP contribution in [0.15, 0.2) is 60.8 Å². The quantitative estimate of drug-likeness (QED) is 0.643. The van der Waals surface area contributed by atoms with Gasteiger partial charge in [0.1, 0.15) is 5.82 Å². The van der Waals surface area contributed by atoms with Crippen LogP contribution in [0.2, 0.25) is 0 Å². The van der Waals surface area contributed by atoms with Crippen LogP contribution < -0.4 is 20.1 Å². The normalized spacial score (nSPS) is 10.2. The number of pyridine rings is 1. The van der Waals surface area contributed by atoms with Gasteiger partial charge in [-0.1, -0.05) is 24.3 Å². The molecule has 1 heterocycles. The first kappa shape index (κ1) is 19.2. The number of anilines is 2. The number of amides is 1. The fourth-order valence-corrected chi connectivity index (χ4v) is 2.78. The Morgan fingerprint density at radius 1 is 1.00 bits per heavy atom. The molecule has 6 nitrogen and oxygen atoms in total. The summed E-state index contributed by atoms with van der Waals surface area (Å²) in [7, 11) is 3.22. The number of ether oxygens (including phenoxy) is 2. The first-order valence-electron chi connectivity index (χ1n) is 8.88. The Bertz CT molecular complexity index is 955. The number of nitrogens with one attached hydrogen (secondary N) is 2. The number of hydrogen-bond acceptors (Lipinski definition) is 5. The minimum atomic E-state index is -0.147. The lowest BCUT2D eigenvalue weighted by Gasteiger charge is -2.11. The van der Waals surface area contributed by atoms with E-state index in [-0.39, 0.29) is 5.91 Å². The van der Waals surface area contributed by atoms with Crippen LogP contribution in [-0.2, 0) is 6.54 Å². The predicted octanol–water partition coefficient (Wildman–Crippen LogP) is 4.27. The van der Waals surface area contributed by atoms with E-state index in [1.54, 1.807) is 26.5 Å². The molecule has 0 saturated heterocycles. The van der Waals surface area contributed by atoms with E-state index in [2.05, 4.69) is 15.6 Å². The standard InChI is InChI=1S/C22H23N3O3/c1-15-6-4-5-7-18(15)22(26)25-17-9-11-21(24-14-17)23-13-16-8-10-19(27-2)20(12-16)28-3/h4-12,14H,13H2,1-3H3,(H,23,24)(H,25,26). The largest absolute Gasteiger partial charge is 0.493 e. The van der Waals surface area contributed by atoms with Gasteiger partial charge in [-0.25, -0.2) is 4.98 Å². The van der Waals surface area contributed by atoms with Crippen molar-refractivity contribution in [2.45, 2.75) is 13.5 Å². The highest BCUT2D eigenvalue weighted by Gasteiger charge is 2.09. The fourth-order valence-electron chi connectivity index (χ4n) is 2.78. The van der Waals surface area contributed by atoms with Crippen molar-refractivity contribution in [3.05, 3.63) is 77.5 Å². The van der Waals surface area contributed by atoms with Gasteiger partial charge in [-0.05, 0) is 48.4 Å². The summed E-state index contributed by atoms with van der Waals surface area (Å²) in [5.41, 5.74) is 3.26. The summed E-state index contributed by atoms with van der Waals surface area (Å²) in [4.78, 5) is 16.7. The molecule has 2 N–H and O–H groups in total. The third kappa shape index (κ3) is 4.59. The van der Waals surface area contributed by atoms with Crippen molar-refractivity contribution >= 4 is 17.4 Å². The molecule has 28 heavy (non-hydrogen) atoms. The van der Waals surface area contributed by atoms with Gasteiger partial charge in [0.25, 0.3) is 5.91 Å². The molecule has 3 rings (SSSR count). The van der Waals surface area contributed by atoms with Crippen molar-refractivity contribution in [3.8, 4) is 11.5 Å². The van der Waals surface area contributed by atoms with Crippen molar-refractivity contribution < 1.29 is 14.3 Å². The fraction of sp³-hybridized carbons (Fsp3) is 0.182. The minimum Gasteiger partial charge on any atom is -0.493 e. The summed E-state index contributed by atoms with van der Waals surface area (Å²) in [5.74, 6) is 1.94. The van der Waals surface area contributed by atoms with Crippen LogP contribution in [0.3, 0.4) is 0 Å². The van der Waals surface area contributed by atoms with Gasteiger partial charge in [-0.15, -0.1) is 0 Å². The van der Waals surface area contributed by atoms with E-state index in [4.69, 9.17) is 9.47 Å². The van der Waals surface area contributed by atoms with E-state index in [0.29, 0.717) is 35.1 Å². The number of benzene rings is 2. The van der Waals surface area contributed by atoms with Crippen LogP contribution in [0.4, 0.5) is 11.5 Å². The van der Waals surface area contributed by atoms with E-state index in [1.165, 1.54) is 0 Å². The molecule has 0 aliphatic carbocycles. The zero-order chi connectivity index (χ0) is 19.9. The summed E-state index contributed by atoms with van der Waals surface area (Å²) in [6, 6.07) is 16.9. The Morgan fingerprint density at radius 3 is 2.46 bits per heavy atom. The van der Waals surface area contributed by atoms with Crippen LogP contribution in [0.25, 0.3) is 0 Å². The summed E-state index contributed by atoms with van der Waals surface area (Å²) < 4.78 is 10.6. The van der Waals surface area contributed by atoms with Gasteiger partial charge in [0, 0.05) is 12.1 Å². The van der Waals surface area contributed by atoms with Gasteiger partial charge in [-0.2, -0.15) is 0 Å². The van der Waals surface area contributed by atoms with Gasteiger partial charge in [-0.3, -0.25) is 4.79 Å². The molecule has 3 aromatic rings. The maximum atomic E-state index is 12.4. The highest BCUT2D eigenvalue weighted by molar-refractivity contribution is 6.05. The molecule has 0 spiro atoms. The maximum absolute atomic E-state index is 12.4. The zero-order valence-corrected chi connectivity index (χ0v) is 16.2. The van der Waals surface area contributed by atoms with Crippen LogP contribution in [0.5, 0.6) is 11.5 Å². The molecule has 144 valence electrons.